The van der Waals surface area contributed by atoms with Crippen molar-refractivity contribution >= 4 is 72.5 Å². The first-order chi connectivity index (χ1) is 12.8. The van der Waals surface area contributed by atoms with Crippen molar-refractivity contribution in [2.75, 3.05) is 26.2 Å². The summed E-state index contributed by atoms with van der Waals surface area (Å²) in [4.78, 5) is 14.8. The number of nitrogens with zero attached hydrogens (tertiary/aromatic N) is 2. The van der Waals surface area contributed by atoms with Crippen LogP contribution in [-0.2, 0) is 14.8 Å². The zero-order chi connectivity index (χ0) is 19.6. The maximum atomic E-state index is 12.9. The number of rotatable bonds is 4. The molecule has 0 aliphatic carbocycles. The molecule has 0 bridgehead atoms. The number of carbonyl (C=O) groups excluding carboxylic acids is 1. The minimum absolute atomic E-state index is 0.0618. The molecule has 1 aromatic heterocycles. The zero-order valence-electron chi connectivity index (χ0n) is 13.9. The fourth-order valence-corrected chi connectivity index (χ4v) is 6.62. The topological polar surface area (TPSA) is 57.7 Å². The van der Waals surface area contributed by atoms with Gasteiger partial charge < -0.3 is 4.90 Å². The lowest BCUT2D eigenvalue weighted by Crippen LogP contribution is -2.50. The lowest BCUT2D eigenvalue weighted by atomic mass is 10.3. The van der Waals surface area contributed by atoms with Crippen molar-refractivity contribution in [1.82, 2.24) is 9.21 Å². The van der Waals surface area contributed by atoms with Gasteiger partial charge >= 0.3 is 0 Å². The average molecular weight is 510 g/mol. The van der Waals surface area contributed by atoms with E-state index in [9.17, 15) is 13.2 Å². The van der Waals surface area contributed by atoms with Gasteiger partial charge in [-0.3, -0.25) is 4.79 Å². The summed E-state index contributed by atoms with van der Waals surface area (Å²) >= 11 is 17.0. The van der Waals surface area contributed by atoms with Crippen molar-refractivity contribution < 1.29 is 13.2 Å². The summed E-state index contributed by atoms with van der Waals surface area (Å²) in [5.41, 5.74) is 0. The van der Waals surface area contributed by atoms with Gasteiger partial charge in [0.15, 0.2) is 0 Å². The number of benzene rings is 1. The molecule has 0 unspecified atom stereocenters. The zero-order valence-corrected chi connectivity index (χ0v) is 18.7. The molecule has 1 amide bonds. The van der Waals surface area contributed by atoms with Crippen LogP contribution >= 0.6 is 50.5 Å². The lowest BCUT2D eigenvalue weighted by molar-refractivity contribution is -0.127. The molecule has 0 radical (unpaired) electrons. The van der Waals surface area contributed by atoms with Crippen LogP contribution in [0.5, 0.6) is 0 Å². The standard InChI is InChI=1S/C17H15BrCl2N2O3S2/c18-12-10-14(19)17(15(20)11-12)27(24,25)22-7-5-21(6-8-22)16(23)4-3-13-2-1-9-26-13/h1-4,9-11H,5-8H2. The van der Waals surface area contributed by atoms with E-state index in [1.54, 1.807) is 22.3 Å². The van der Waals surface area contributed by atoms with Crippen LogP contribution in [0.15, 0.2) is 45.1 Å². The molecular formula is C17H15BrCl2N2O3S2. The molecule has 0 saturated carbocycles. The third-order valence-corrected chi connectivity index (χ3v) is 8.16. The Balaban J connectivity index is 1.69. The van der Waals surface area contributed by atoms with Crippen LogP contribution in [0.2, 0.25) is 10.0 Å². The molecule has 0 spiro atoms. The van der Waals surface area contributed by atoms with Crippen molar-refractivity contribution in [1.29, 1.82) is 0 Å². The van der Waals surface area contributed by atoms with Gasteiger partial charge in [-0.15, -0.1) is 11.3 Å². The third kappa shape index (κ3) is 4.75. The molecule has 1 aliphatic rings. The van der Waals surface area contributed by atoms with E-state index in [2.05, 4.69) is 15.9 Å². The predicted octanol–water partition coefficient (Wildman–Crippen LogP) is 4.36. The molecule has 3 rings (SSSR count). The fourth-order valence-electron chi connectivity index (χ4n) is 2.70. The van der Waals surface area contributed by atoms with Crippen LogP contribution in [0.25, 0.3) is 6.08 Å². The highest BCUT2D eigenvalue weighted by Crippen LogP contribution is 2.35. The van der Waals surface area contributed by atoms with Gasteiger partial charge in [0.2, 0.25) is 15.9 Å². The molecule has 1 aromatic carbocycles. The van der Waals surface area contributed by atoms with Crippen LogP contribution in [0.1, 0.15) is 4.88 Å². The number of amides is 1. The molecule has 144 valence electrons. The van der Waals surface area contributed by atoms with Crippen LogP contribution in [0.3, 0.4) is 0 Å². The van der Waals surface area contributed by atoms with Gasteiger partial charge in [-0.25, -0.2) is 8.42 Å². The first-order valence-electron chi connectivity index (χ1n) is 7.94. The maximum absolute atomic E-state index is 12.9. The van der Waals surface area contributed by atoms with Crippen LogP contribution < -0.4 is 0 Å². The largest absolute Gasteiger partial charge is 0.337 e. The van der Waals surface area contributed by atoms with Gasteiger partial charge in [0.1, 0.15) is 4.90 Å². The van der Waals surface area contributed by atoms with E-state index in [-0.39, 0.29) is 33.9 Å². The van der Waals surface area contributed by atoms with E-state index in [0.29, 0.717) is 17.6 Å². The summed E-state index contributed by atoms with van der Waals surface area (Å²) in [5, 5.41) is 2.06. The summed E-state index contributed by atoms with van der Waals surface area (Å²) in [6, 6.07) is 6.83. The number of piperazine rings is 1. The van der Waals surface area contributed by atoms with E-state index in [1.807, 2.05) is 17.5 Å². The number of hydrogen-bond donors (Lipinski definition) is 0. The van der Waals surface area contributed by atoms with Crippen molar-refractivity contribution in [3.8, 4) is 0 Å². The Labute approximate surface area is 180 Å². The number of halogens is 3. The molecule has 10 heteroatoms. The van der Waals surface area contributed by atoms with E-state index in [1.165, 1.54) is 22.5 Å². The fraction of sp³-hybridized carbons (Fsp3) is 0.235. The summed E-state index contributed by atoms with van der Waals surface area (Å²) in [5.74, 6) is -0.139. The predicted molar refractivity (Wildman–Crippen MR) is 113 cm³/mol. The minimum atomic E-state index is -3.84. The number of carbonyl (C=O) groups is 1. The molecule has 1 aliphatic heterocycles. The quantitative estimate of drug-likeness (QED) is 0.575. The van der Waals surface area contributed by atoms with Crippen molar-refractivity contribution in [2.45, 2.75) is 4.90 Å². The Bertz CT molecular complexity index is 947. The van der Waals surface area contributed by atoms with E-state index in [0.717, 1.165) is 4.88 Å². The molecule has 1 fully saturated rings. The van der Waals surface area contributed by atoms with Crippen molar-refractivity contribution in [3.63, 3.8) is 0 Å². The number of hydrogen-bond acceptors (Lipinski definition) is 4. The van der Waals surface area contributed by atoms with Gasteiger partial charge in [-0.2, -0.15) is 4.31 Å². The Morgan fingerprint density at radius 2 is 1.78 bits per heavy atom. The SMILES string of the molecule is O=C(C=Cc1cccs1)N1CCN(S(=O)(=O)c2c(Cl)cc(Br)cc2Cl)CC1. The van der Waals surface area contributed by atoms with Gasteiger partial charge in [-0.05, 0) is 29.7 Å². The normalized spacial score (nSPS) is 16.2. The van der Waals surface area contributed by atoms with Crippen LogP contribution in [-0.4, -0.2) is 49.7 Å². The Kier molecular flexibility index (Phi) is 6.66. The second kappa shape index (κ2) is 8.63. The molecule has 5 nitrogen and oxygen atoms in total. The number of sulfonamides is 1. The second-order valence-electron chi connectivity index (χ2n) is 5.78. The highest BCUT2D eigenvalue weighted by molar-refractivity contribution is 9.10. The smallest absolute Gasteiger partial charge is 0.246 e. The highest BCUT2D eigenvalue weighted by Gasteiger charge is 2.32. The van der Waals surface area contributed by atoms with Crippen molar-refractivity contribution in [3.05, 3.63) is 55.1 Å². The summed E-state index contributed by atoms with van der Waals surface area (Å²) < 4.78 is 27.8. The minimum Gasteiger partial charge on any atom is -0.337 e. The second-order valence-corrected chi connectivity index (χ2v) is 10.4. The van der Waals surface area contributed by atoms with E-state index < -0.39 is 10.0 Å². The lowest BCUT2D eigenvalue weighted by Gasteiger charge is -2.33. The molecule has 2 heterocycles. The Hall–Kier alpha value is -0.900. The Morgan fingerprint density at radius 1 is 1.15 bits per heavy atom. The molecule has 0 atom stereocenters. The van der Waals surface area contributed by atoms with Gasteiger partial charge in [0.05, 0.1) is 10.0 Å². The van der Waals surface area contributed by atoms with Crippen LogP contribution in [0, 0.1) is 0 Å². The van der Waals surface area contributed by atoms with E-state index in [4.69, 9.17) is 23.2 Å². The summed E-state index contributed by atoms with van der Waals surface area (Å²) in [7, 11) is -3.84. The average Bonchev–Trinajstić information content (AvgIpc) is 3.12. The van der Waals surface area contributed by atoms with Crippen molar-refractivity contribution in [2.24, 2.45) is 0 Å². The molecule has 2 aromatic rings. The third-order valence-electron chi connectivity index (χ3n) is 4.04. The first-order valence-corrected chi connectivity index (χ1v) is 11.8. The molecule has 1 saturated heterocycles. The molecule has 27 heavy (non-hydrogen) atoms. The van der Waals surface area contributed by atoms with Gasteiger partial charge in [0, 0.05) is 41.6 Å². The van der Waals surface area contributed by atoms with Gasteiger partial charge in [-0.1, -0.05) is 45.2 Å². The van der Waals surface area contributed by atoms with E-state index >= 15 is 0 Å². The monoisotopic (exact) mass is 508 g/mol. The Morgan fingerprint density at radius 3 is 2.33 bits per heavy atom. The summed E-state index contributed by atoms with van der Waals surface area (Å²) in [6.07, 6.45) is 3.27. The highest BCUT2D eigenvalue weighted by atomic mass is 79.9. The first kappa shape index (κ1) is 20.8. The summed E-state index contributed by atoms with van der Waals surface area (Å²) in [6.45, 7) is 0.977. The maximum Gasteiger partial charge on any atom is 0.246 e. The van der Waals surface area contributed by atoms with Crippen LogP contribution in [0.4, 0.5) is 0 Å². The number of thiophene rings is 1. The molecule has 0 N–H and O–H groups in total. The van der Waals surface area contributed by atoms with Gasteiger partial charge in [0.25, 0.3) is 0 Å². The molecular weight excluding hydrogens is 495 g/mol.